The van der Waals surface area contributed by atoms with Gasteiger partial charge in [0.25, 0.3) is 0 Å². The molecule has 4 aromatic rings. The first-order valence-electron chi connectivity index (χ1n) is 9.69. The number of nitrogens with two attached hydrogens (primary N) is 1. The quantitative estimate of drug-likeness (QED) is 0.476. The molecule has 11 heteroatoms. The zero-order chi connectivity index (χ0) is 22.7. The molecule has 1 unspecified atom stereocenters. The normalized spacial score (nSPS) is 20.5. The Balaban J connectivity index is 1.64. The minimum absolute atomic E-state index is 0.0557. The Morgan fingerprint density at radius 3 is 2.59 bits per heavy atom. The highest BCUT2D eigenvalue weighted by Crippen LogP contribution is 2.47. The van der Waals surface area contributed by atoms with Crippen molar-refractivity contribution in [3.05, 3.63) is 64.9 Å². The second kappa shape index (κ2) is 7.29. The largest absolute Gasteiger partial charge is 0.369 e. The minimum Gasteiger partial charge on any atom is -0.369 e. The summed E-state index contributed by atoms with van der Waals surface area (Å²) in [7, 11) is -2.21. The van der Waals surface area contributed by atoms with Crippen LogP contribution in [0.25, 0.3) is 27.0 Å². The second-order valence-electron chi connectivity index (χ2n) is 7.75. The summed E-state index contributed by atoms with van der Waals surface area (Å²) in [6, 6.07) is 11.6. The van der Waals surface area contributed by atoms with E-state index in [1.54, 1.807) is 24.0 Å². The number of aliphatic imine (C=N–C) groups is 1. The van der Waals surface area contributed by atoms with Crippen molar-refractivity contribution in [2.45, 2.75) is 12.5 Å². The van der Waals surface area contributed by atoms with Gasteiger partial charge in [-0.25, -0.2) is 22.4 Å². The molecule has 0 fully saturated rings. The van der Waals surface area contributed by atoms with Crippen molar-refractivity contribution >= 4 is 49.0 Å². The fourth-order valence-corrected chi connectivity index (χ4v) is 7.16. The average Bonchev–Trinajstić information content (AvgIpc) is 3.41. The van der Waals surface area contributed by atoms with Gasteiger partial charge in [0.05, 0.1) is 31.7 Å². The maximum absolute atomic E-state index is 12.6. The molecule has 1 aliphatic rings. The first-order chi connectivity index (χ1) is 15.2. The van der Waals surface area contributed by atoms with E-state index < -0.39 is 15.6 Å². The Bertz CT molecular complexity index is 1460. The molecule has 1 aromatic carbocycles. The summed E-state index contributed by atoms with van der Waals surface area (Å²) >= 11 is 8.16. The summed E-state index contributed by atoms with van der Waals surface area (Å²) in [6.45, 7) is 1.74. The summed E-state index contributed by atoms with van der Waals surface area (Å²) in [5.74, 6) is -0.273. The molecule has 0 spiro atoms. The van der Waals surface area contributed by atoms with Gasteiger partial charge in [-0.15, -0.1) is 11.3 Å². The van der Waals surface area contributed by atoms with Crippen LogP contribution >= 0.6 is 22.9 Å². The van der Waals surface area contributed by atoms with Crippen LogP contribution in [0.5, 0.6) is 0 Å². The maximum atomic E-state index is 12.6. The number of fused-ring (bicyclic) bond motifs is 1. The number of hydrogen-bond donors (Lipinski definition) is 1. The molecule has 1 aliphatic heterocycles. The third-order valence-corrected chi connectivity index (χ3v) is 9.43. The van der Waals surface area contributed by atoms with Crippen LogP contribution in [-0.4, -0.2) is 46.2 Å². The zero-order valence-corrected chi connectivity index (χ0v) is 19.6. The lowest BCUT2D eigenvalue weighted by Gasteiger charge is -2.33. The zero-order valence-electron chi connectivity index (χ0n) is 17.2. The van der Waals surface area contributed by atoms with Crippen molar-refractivity contribution in [2.75, 3.05) is 12.8 Å². The Hall–Kier alpha value is -2.95. The van der Waals surface area contributed by atoms with Gasteiger partial charge in [0.2, 0.25) is 16.0 Å². The lowest BCUT2D eigenvalue weighted by Crippen LogP contribution is -2.50. The topological polar surface area (TPSA) is 106 Å². The van der Waals surface area contributed by atoms with Crippen LogP contribution in [-0.2, 0) is 15.6 Å². The molecule has 4 heterocycles. The summed E-state index contributed by atoms with van der Waals surface area (Å²) in [5.41, 5.74) is 7.46. The van der Waals surface area contributed by atoms with Gasteiger partial charge in [-0.2, -0.15) is 5.10 Å². The summed E-state index contributed by atoms with van der Waals surface area (Å²) in [5, 5.41) is 5.52. The number of halogens is 1. The number of rotatable bonds is 3. The second-order valence-corrected chi connectivity index (χ2v) is 11.1. The lowest BCUT2D eigenvalue weighted by molar-refractivity contribution is 0.482. The Labute approximate surface area is 194 Å². The van der Waals surface area contributed by atoms with Gasteiger partial charge in [-0.3, -0.25) is 4.98 Å². The molecule has 8 nitrogen and oxygen atoms in total. The molecule has 164 valence electrons. The standard InChI is InChI=1S/C21H19ClN6O2S2/c1-21(12-32(29,30)27(2)20(23)26-21)19-16(22)15-8-10-24-17(18(15)31-19)13-4-6-14(7-5-13)28-11-3-9-25-28/h3-11H,12H2,1-2H3,(H2,23,26). The van der Waals surface area contributed by atoms with Gasteiger partial charge in [0.1, 0.15) is 5.54 Å². The maximum Gasteiger partial charge on any atom is 0.239 e. The number of thiophene rings is 1. The molecular weight excluding hydrogens is 468 g/mol. The van der Waals surface area contributed by atoms with Crippen LogP contribution in [0, 0.1) is 0 Å². The molecule has 5 rings (SSSR count). The Morgan fingerprint density at radius 1 is 1.19 bits per heavy atom. The average molecular weight is 487 g/mol. The highest BCUT2D eigenvalue weighted by Gasteiger charge is 2.43. The molecule has 3 aromatic heterocycles. The van der Waals surface area contributed by atoms with Gasteiger partial charge in [0.15, 0.2) is 0 Å². The van der Waals surface area contributed by atoms with E-state index in [1.807, 2.05) is 42.6 Å². The lowest BCUT2D eigenvalue weighted by atomic mass is 10.0. The first kappa shape index (κ1) is 20.9. The van der Waals surface area contributed by atoms with Crippen molar-refractivity contribution in [3.8, 4) is 16.9 Å². The Kier molecular flexibility index (Phi) is 4.77. The predicted molar refractivity (Wildman–Crippen MR) is 128 cm³/mol. The minimum atomic E-state index is -3.61. The molecular formula is C21H19ClN6O2S2. The number of pyridine rings is 1. The van der Waals surface area contributed by atoms with Crippen LogP contribution in [0.3, 0.4) is 0 Å². The van der Waals surface area contributed by atoms with Gasteiger partial charge in [-0.05, 0) is 31.2 Å². The number of sulfonamides is 1. The predicted octanol–water partition coefficient (Wildman–Crippen LogP) is 3.61. The highest BCUT2D eigenvalue weighted by atomic mass is 35.5. The highest BCUT2D eigenvalue weighted by molar-refractivity contribution is 7.89. The van der Waals surface area contributed by atoms with Crippen molar-refractivity contribution < 1.29 is 8.42 Å². The number of nitrogens with zero attached hydrogens (tertiary/aromatic N) is 5. The van der Waals surface area contributed by atoms with Crippen LogP contribution in [0.2, 0.25) is 5.02 Å². The van der Waals surface area contributed by atoms with Crippen molar-refractivity contribution in [1.29, 1.82) is 0 Å². The molecule has 0 radical (unpaired) electrons. The molecule has 0 bridgehead atoms. The monoisotopic (exact) mass is 486 g/mol. The molecule has 2 N–H and O–H groups in total. The van der Waals surface area contributed by atoms with E-state index in [0.29, 0.717) is 9.90 Å². The number of hydrogen-bond acceptors (Lipinski definition) is 7. The fourth-order valence-electron chi connectivity index (χ4n) is 3.81. The summed E-state index contributed by atoms with van der Waals surface area (Å²) < 4.78 is 28.9. The van der Waals surface area contributed by atoms with E-state index in [0.717, 1.165) is 31.3 Å². The molecule has 0 saturated heterocycles. The number of aromatic nitrogens is 3. The number of benzene rings is 1. The van der Waals surface area contributed by atoms with Crippen molar-refractivity contribution in [2.24, 2.45) is 10.7 Å². The van der Waals surface area contributed by atoms with Crippen LogP contribution in [0.15, 0.2) is 60.0 Å². The van der Waals surface area contributed by atoms with Crippen molar-refractivity contribution in [1.82, 2.24) is 19.1 Å². The van der Waals surface area contributed by atoms with Crippen molar-refractivity contribution in [3.63, 3.8) is 0 Å². The van der Waals surface area contributed by atoms with E-state index in [2.05, 4.69) is 15.1 Å². The molecule has 1 atom stereocenters. The first-order valence-corrected chi connectivity index (χ1v) is 12.5. The fraction of sp³-hybridized carbons (Fsp3) is 0.190. The van der Waals surface area contributed by atoms with Gasteiger partial charge < -0.3 is 5.73 Å². The number of guanidine groups is 1. The molecule has 0 saturated carbocycles. The van der Waals surface area contributed by atoms with Gasteiger partial charge in [-0.1, -0.05) is 23.7 Å². The van der Waals surface area contributed by atoms with Gasteiger partial charge >= 0.3 is 0 Å². The molecule has 0 aliphatic carbocycles. The molecule has 0 amide bonds. The molecule has 32 heavy (non-hydrogen) atoms. The van der Waals surface area contributed by atoms with Gasteiger partial charge in [0, 0.05) is 36.6 Å². The summed E-state index contributed by atoms with van der Waals surface area (Å²) in [4.78, 5) is 9.74. The van der Waals surface area contributed by atoms with Crippen LogP contribution < -0.4 is 5.73 Å². The van der Waals surface area contributed by atoms with E-state index in [4.69, 9.17) is 17.3 Å². The third kappa shape index (κ3) is 3.26. The Morgan fingerprint density at radius 2 is 1.94 bits per heavy atom. The van der Waals surface area contributed by atoms with Crippen LogP contribution in [0.1, 0.15) is 11.8 Å². The van der Waals surface area contributed by atoms with E-state index in [9.17, 15) is 8.42 Å². The van der Waals surface area contributed by atoms with E-state index in [1.165, 1.54) is 18.4 Å². The summed E-state index contributed by atoms with van der Waals surface area (Å²) in [6.07, 6.45) is 5.30. The van der Waals surface area contributed by atoms with E-state index >= 15 is 0 Å². The SMILES string of the molecule is CN1C(N)=NC(C)(c2sc3c(-c4ccc(-n5cccn5)cc4)nccc3c2Cl)CS1(=O)=O. The van der Waals surface area contributed by atoms with Crippen LogP contribution in [0.4, 0.5) is 0 Å². The smallest absolute Gasteiger partial charge is 0.239 e. The van der Waals surface area contributed by atoms with E-state index in [-0.39, 0.29) is 11.7 Å². The third-order valence-electron chi connectivity index (χ3n) is 5.51.